The summed E-state index contributed by atoms with van der Waals surface area (Å²) in [5.74, 6) is 5.87. The van der Waals surface area contributed by atoms with Gasteiger partial charge in [0.2, 0.25) is 0 Å². The molecule has 0 saturated heterocycles. The van der Waals surface area contributed by atoms with Crippen LogP contribution in [-0.4, -0.2) is 0 Å². The molecule has 0 aliphatic carbocycles. The van der Waals surface area contributed by atoms with Crippen LogP contribution in [0.15, 0.2) is 11.6 Å². The van der Waals surface area contributed by atoms with Crippen LogP contribution in [-0.2, 0) is 0 Å². The predicted molar refractivity (Wildman–Crippen MR) is 51.5 cm³/mol. The van der Waals surface area contributed by atoms with Gasteiger partial charge >= 0.3 is 0 Å². The van der Waals surface area contributed by atoms with E-state index in [1.54, 1.807) is 6.08 Å². The van der Waals surface area contributed by atoms with Crippen molar-refractivity contribution >= 4 is 11.6 Å². The van der Waals surface area contributed by atoms with Gasteiger partial charge in [0.05, 0.1) is 0 Å². The Labute approximate surface area is 74.6 Å². The van der Waals surface area contributed by atoms with Crippen LogP contribution in [0.3, 0.4) is 0 Å². The van der Waals surface area contributed by atoms with Crippen LogP contribution in [0.25, 0.3) is 0 Å². The molecule has 0 fully saturated rings. The molecule has 0 nitrogen and oxygen atoms in total. The molecule has 0 rings (SSSR count). The van der Waals surface area contributed by atoms with Crippen molar-refractivity contribution in [3.63, 3.8) is 0 Å². The average Bonchev–Trinajstić information content (AvgIpc) is 2.03. The molecule has 62 valence electrons. The lowest BCUT2D eigenvalue weighted by atomic mass is 10.2. The minimum absolute atomic E-state index is 1.00. The highest BCUT2D eigenvalue weighted by Crippen LogP contribution is 2.00. The molecule has 0 aliphatic heterocycles. The highest BCUT2D eigenvalue weighted by molar-refractivity contribution is 6.25. The summed E-state index contributed by atoms with van der Waals surface area (Å²) < 4.78 is 0. The molecule has 0 saturated carbocycles. The van der Waals surface area contributed by atoms with E-state index >= 15 is 0 Å². The van der Waals surface area contributed by atoms with Gasteiger partial charge in [-0.15, -0.1) is 0 Å². The highest BCUT2D eigenvalue weighted by Gasteiger charge is 1.82. The largest absolute Gasteiger partial charge is 0.0985 e. The van der Waals surface area contributed by atoms with Gasteiger partial charge in [0, 0.05) is 12.0 Å². The topological polar surface area (TPSA) is 0 Å². The SMILES string of the molecule is CCCCCCC#CC=CCl. The van der Waals surface area contributed by atoms with E-state index < -0.39 is 0 Å². The number of hydrogen-bond donors (Lipinski definition) is 0. The minimum atomic E-state index is 1.00. The highest BCUT2D eigenvalue weighted by atomic mass is 35.5. The van der Waals surface area contributed by atoms with Crippen LogP contribution in [0.1, 0.15) is 39.0 Å². The molecule has 0 aromatic heterocycles. The quantitative estimate of drug-likeness (QED) is 0.446. The monoisotopic (exact) mass is 170 g/mol. The lowest BCUT2D eigenvalue weighted by molar-refractivity contribution is 0.679. The predicted octanol–water partition coefficient (Wildman–Crippen LogP) is 3.71. The van der Waals surface area contributed by atoms with Crippen LogP contribution in [0, 0.1) is 11.8 Å². The third-order valence-electron chi connectivity index (χ3n) is 1.40. The van der Waals surface area contributed by atoms with E-state index in [-0.39, 0.29) is 0 Å². The molecule has 0 spiro atoms. The molecule has 1 heteroatoms. The fourth-order valence-corrected chi connectivity index (χ4v) is 0.866. The molecule has 0 unspecified atom stereocenters. The molecule has 0 heterocycles. The molecular weight excluding hydrogens is 156 g/mol. The Bertz CT molecular complexity index is 148. The van der Waals surface area contributed by atoms with Gasteiger partial charge in [-0.2, -0.15) is 0 Å². The van der Waals surface area contributed by atoms with E-state index in [1.165, 1.54) is 31.2 Å². The van der Waals surface area contributed by atoms with Gasteiger partial charge in [-0.3, -0.25) is 0 Å². The zero-order valence-electron chi connectivity index (χ0n) is 7.07. The van der Waals surface area contributed by atoms with Crippen LogP contribution in [0.5, 0.6) is 0 Å². The smallest absolute Gasteiger partial charge is 0.0126 e. The van der Waals surface area contributed by atoms with E-state index in [0.29, 0.717) is 0 Å². The Balaban J connectivity index is 3.08. The number of halogens is 1. The molecule has 0 radical (unpaired) electrons. The van der Waals surface area contributed by atoms with Gasteiger partial charge in [-0.05, 0) is 12.5 Å². The number of rotatable bonds is 4. The minimum Gasteiger partial charge on any atom is -0.0985 e. The van der Waals surface area contributed by atoms with Crippen LogP contribution in [0.2, 0.25) is 0 Å². The second-order valence-electron chi connectivity index (χ2n) is 2.42. The first-order valence-electron chi connectivity index (χ1n) is 4.15. The Morgan fingerprint density at radius 3 is 2.73 bits per heavy atom. The van der Waals surface area contributed by atoms with Gasteiger partial charge in [0.25, 0.3) is 0 Å². The van der Waals surface area contributed by atoms with Crippen LogP contribution >= 0.6 is 11.6 Å². The molecule has 0 N–H and O–H groups in total. The number of allylic oxidation sites excluding steroid dienone is 1. The third kappa shape index (κ3) is 9.59. The van der Waals surface area contributed by atoms with E-state index in [0.717, 1.165) is 6.42 Å². The van der Waals surface area contributed by atoms with Crippen molar-refractivity contribution < 1.29 is 0 Å². The summed E-state index contributed by atoms with van der Waals surface area (Å²) in [6.07, 6.45) is 7.80. The van der Waals surface area contributed by atoms with E-state index in [9.17, 15) is 0 Å². The van der Waals surface area contributed by atoms with Gasteiger partial charge in [0.1, 0.15) is 0 Å². The van der Waals surface area contributed by atoms with E-state index in [2.05, 4.69) is 18.8 Å². The number of unbranched alkanes of at least 4 members (excludes halogenated alkanes) is 4. The first-order valence-corrected chi connectivity index (χ1v) is 4.59. The maximum Gasteiger partial charge on any atom is 0.0126 e. The zero-order valence-corrected chi connectivity index (χ0v) is 7.82. The van der Waals surface area contributed by atoms with Crippen LogP contribution < -0.4 is 0 Å². The lowest BCUT2D eigenvalue weighted by Gasteiger charge is -1.91. The maximum absolute atomic E-state index is 5.28. The summed E-state index contributed by atoms with van der Waals surface area (Å²) in [6.45, 7) is 2.21. The Kier molecular flexibility index (Phi) is 9.23. The van der Waals surface area contributed by atoms with Crippen molar-refractivity contribution in [1.29, 1.82) is 0 Å². The summed E-state index contributed by atoms with van der Waals surface area (Å²) in [4.78, 5) is 0. The lowest BCUT2D eigenvalue weighted by Crippen LogP contribution is -1.73. The normalized spacial score (nSPS) is 9.64. The summed E-state index contributed by atoms with van der Waals surface area (Å²) in [7, 11) is 0. The van der Waals surface area contributed by atoms with Gasteiger partial charge in [0.15, 0.2) is 0 Å². The van der Waals surface area contributed by atoms with Crippen molar-refractivity contribution in [2.45, 2.75) is 39.0 Å². The molecule has 0 aromatic carbocycles. The van der Waals surface area contributed by atoms with Crippen molar-refractivity contribution in [1.82, 2.24) is 0 Å². The summed E-state index contributed by atoms with van der Waals surface area (Å²) in [6, 6.07) is 0. The van der Waals surface area contributed by atoms with Crippen molar-refractivity contribution in [3.8, 4) is 11.8 Å². The Morgan fingerprint density at radius 2 is 2.09 bits per heavy atom. The van der Waals surface area contributed by atoms with E-state index in [1.807, 2.05) is 0 Å². The standard InChI is InChI=1S/C10H15Cl/c1-2-3-4-5-6-7-8-9-10-11/h9-10H,2-6H2,1H3. The molecule has 0 aromatic rings. The van der Waals surface area contributed by atoms with Gasteiger partial charge in [-0.25, -0.2) is 0 Å². The molecule has 0 aliphatic rings. The Hall–Kier alpha value is -0.410. The van der Waals surface area contributed by atoms with Crippen molar-refractivity contribution in [2.24, 2.45) is 0 Å². The second kappa shape index (κ2) is 9.59. The van der Waals surface area contributed by atoms with Gasteiger partial charge in [-0.1, -0.05) is 49.6 Å². The van der Waals surface area contributed by atoms with Gasteiger partial charge < -0.3 is 0 Å². The molecule has 0 bridgehead atoms. The second-order valence-corrected chi connectivity index (χ2v) is 2.68. The summed E-state index contributed by atoms with van der Waals surface area (Å²) in [5, 5.41) is 0. The average molecular weight is 171 g/mol. The van der Waals surface area contributed by atoms with E-state index in [4.69, 9.17) is 11.6 Å². The first-order chi connectivity index (χ1) is 5.41. The van der Waals surface area contributed by atoms with Crippen LogP contribution in [0.4, 0.5) is 0 Å². The fourth-order valence-electron chi connectivity index (χ4n) is 0.803. The Morgan fingerprint density at radius 1 is 1.27 bits per heavy atom. The fraction of sp³-hybridized carbons (Fsp3) is 0.600. The summed E-state index contributed by atoms with van der Waals surface area (Å²) >= 11 is 5.28. The number of hydrogen-bond acceptors (Lipinski definition) is 0. The molecule has 0 amide bonds. The van der Waals surface area contributed by atoms with Crippen molar-refractivity contribution in [3.05, 3.63) is 11.6 Å². The zero-order chi connectivity index (χ0) is 8.36. The molecule has 11 heavy (non-hydrogen) atoms. The maximum atomic E-state index is 5.28. The summed E-state index contributed by atoms with van der Waals surface area (Å²) in [5.41, 5.74) is 1.44. The first kappa shape index (κ1) is 10.6. The molecule has 0 atom stereocenters. The third-order valence-corrected chi connectivity index (χ3v) is 1.53. The molecular formula is C10H15Cl. The van der Waals surface area contributed by atoms with Crippen molar-refractivity contribution in [2.75, 3.05) is 0 Å².